The van der Waals surface area contributed by atoms with Crippen LogP contribution in [0.4, 0.5) is 5.69 Å². The maximum absolute atomic E-state index is 5.58. The molecule has 2 N–H and O–H groups in total. The predicted octanol–water partition coefficient (Wildman–Crippen LogP) is 5.63. The topological polar surface area (TPSA) is 24.1 Å². The normalized spacial score (nSPS) is 11.6. The van der Waals surface area contributed by atoms with Crippen molar-refractivity contribution in [1.29, 1.82) is 0 Å². The molecule has 0 amide bonds. The van der Waals surface area contributed by atoms with Crippen molar-refractivity contribution in [2.45, 2.75) is 26.3 Å². The Kier molecular flexibility index (Phi) is 6.03. The van der Waals surface area contributed by atoms with E-state index in [9.17, 15) is 0 Å². The monoisotopic (exact) mass is 360 g/mol. The van der Waals surface area contributed by atoms with Crippen molar-refractivity contribution in [3.05, 3.63) is 101 Å². The minimum Gasteiger partial charge on any atom is -0.352 e. The number of aryl methyl sites for hydroxylation is 2. The van der Waals surface area contributed by atoms with Crippen LogP contribution in [-0.2, 0) is 6.42 Å². The van der Waals surface area contributed by atoms with Gasteiger partial charge in [0, 0.05) is 5.69 Å². The first kappa shape index (κ1) is 18.2. The molecule has 0 aliphatic carbocycles. The van der Waals surface area contributed by atoms with Gasteiger partial charge in [-0.2, -0.15) is 0 Å². The standard InChI is InChI=1S/C23H24N2S/c1-3-18-11-15-21(16-12-18)24-23(26)25-22(19-7-5-4-6-8-19)20-13-9-17(2)10-14-20/h4-16,22H,3H2,1-2H3,(H2,24,25,26)/t22-/m0/s1. The average molecular weight is 361 g/mol. The summed E-state index contributed by atoms with van der Waals surface area (Å²) in [5.74, 6) is 0. The van der Waals surface area contributed by atoms with Crippen LogP contribution in [0.25, 0.3) is 0 Å². The predicted molar refractivity (Wildman–Crippen MR) is 115 cm³/mol. The molecule has 0 spiro atoms. The summed E-state index contributed by atoms with van der Waals surface area (Å²) in [5.41, 5.74) is 5.93. The van der Waals surface area contributed by atoms with Crippen LogP contribution in [0.2, 0.25) is 0 Å². The first-order chi connectivity index (χ1) is 12.7. The lowest BCUT2D eigenvalue weighted by molar-refractivity contribution is 0.768. The van der Waals surface area contributed by atoms with Gasteiger partial charge in [0.15, 0.2) is 5.11 Å². The molecule has 1 atom stereocenters. The molecule has 0 bridgehead atoms. The van der Waals surface area contributed by atoms with Gasteiger partial charge in [0.1, 0.15) is 0 Å². The number of hydrogen-bond donors (Lipinski definition) is 2. The Morgan fingerprint density at radius 3 is 2.08 bits per heavy atom. The number of thiocarbonyl (C=S) groups is 1. The van der Waals surface area contributed by atoms with E-state index in [2.05, 4.69) is 97.3 Å². The van der Waals surface area contributed by atoms with Crippen molar-refractivity contribution in [2.75, 3.05) is 5.32 Å². The maximum atomic E-state index is 5.58. The van der Waals surface area contributed by atoms with E-state index in [1.807, 2.05) is 6.07 Å². The number of nitrogens with one attached hydrogen (secondary N) is 2. The molecular formula is C23H24N2S. The van der Waals surface area contributed by atoms with Crippen LogP contribution in [0.1, 0.15) is 35.2 Å². The largest absolute Gasteiger partial charge is 0.352 e. The SMILES string of the molecule is CCc1ccc(NC(=S)N[C@@H](c2ccccc2)c2ccc(C)cc2)cc1. The summed E-state index contributed by atoms with van der Waals surface area (Å²) >= 11 is 5.58. The second-order valence-electron chi connectivity index (χ2n) is 6.40. The quantitative estimate of drug-likeness (QED) is 0.576. The molecule has 3 heteroatoms. The molecule has 0 unspecified atom stereocenters. The summed E-state index contributed by atoms with van der Waals surface area (Å²) < 4.78 is 0. The summed E-state index contributed by atoms with van der Waals surface area (Å²) in [6, 6.07) is 27.3. The zero-order chi connectivity index (χ0) is 18.4. The van der Waals surface area contributed by atoms with Crippen molar-refractivity contribution in [3.8, 4) is 0 Å². The summed E-state index contributed by atoms with van der Waals surface area (Å²) in [4.78, 5) is 0. The Bertz CT molecular complexity index is 840. The van der Waals surface area contributed by atoms with Crippen LogP contribution in [0.15, 0.2) is 78.9 Å². The average Bonchev–Trinajstić information content (AvgIpc) is 2.68. The van der Waals surface area contributed by atoms with Gasteiger partial charge in [-0.1, -0.05) is 79.2 Å². The first-order valence-electron chi connectivity index (χ1n) is 8.93. The lowest BCUT2D eigenvalue weighted by Crippen LogP contribution is -2.33. The summed E-state index contributed by atoms with van der Waals surface area (Å²) in [6.45, 7) is 4.25. The molecule has 3 aromatic carbocycles. The van der Waals surface area contributed by atoms with Gasteiger partial charge < -0.3 is 10.6 Å². The molecule has 0 fully saturated rings. The third-order valence-electron chi connectivity index (χ3n) is 4.44. The van der Waals surface area contributed by atoms with Gasteiger partial charge in [-0.15, -0.1) is 0 Å². The van der Waals surface area contributed by atoms with Crippen molar-refractivity contribution in [3.63, 3.8) is 0 Å². The van der Waals surface area contributed by atoms with Crippen molar-refractivity contribution < 1.29 is 0 Å². The number of hydrogen-bond acceptors (Lipinski definition) is 1. The number of anilines is 1. The van der Waals surface area contributed by atoms with E-state index in [0.717, 1.165) is 12.1 Å². The molecular weight excluding hydrogens is 336 g/mol. The summed E-state index contributed by atoms with van der Waals surface area (Å²) in [7, 11) is 0. The van der Waals surface area contributed by atoms with Crippen LogP contribution >= 0.6 is 12.2 Å². The molecule has 3 rings (SSSR count). The Morgan fingerprint density at radius 1 is 0.846 bits per heavy atom. The van der Waals surface area contributed by atoms with Crippen molar-refractivity contribution in [2.24, 2.45) is 0 Å². The fourth-order valence-electron chi connectivity index (χ4n) is 2.89. The molecule has 0 aliphatic rings. The van der Waals surface area contributed by atoms with Crippen LogP contribution in [0, 0.1) is 6.92 Å². The van der Waals surface area contributed by atoms with E-state index in [1.165, 1.54) is 22.3 Å². The van der Waals surface area contributed by atoms with Crippen LogP contribution < -0.4 is 10.6 Å². The lowest BCUT2D eigenvalue weighted by atomic mass is 9.98. The second-order valence-corrected chi connectivity index (χ2v) is 6.81. The van der Waals surface area contributed by atoms with E-state index in [1.54, 1.807) is 0 Å². The Balaban J connectivity index is 1.78. The molecule has 0 aromatic heterocycles. The zero-order valence-electron chi connectivity index (χ0n) is 15.2. The molecule has 0 aliphatic heterocycles. The van der Waals surface area contributed by atoms with Gasteiger partial charge >= 0.3 is 0 Å². The molecule has 0 heterocycles. The summed E-state index contributed by atoms with van der Waals surface area (Å²) in [5, 5.41) is 7.38. The van der Waals surface area contributed by atoms with Gasteiger partial charge in [-0.25, -0.2) is 0 Å². The molecule has 3 aromatic rings. The number of rotatable bonds is 5. The smallest absolute Gasteiger partial charge is 0.171 e. The highest BCUT2D eigenvalue weighted by molar-refractivity contribution is 7.80. The highest BCUT2D eigenvalue weighted by atomic mass is 32.1. The highest BCUT2D eigenvalue weighted by Gasteiger charge is 2.15. The van der Waals surface area contributed by atoms with E-state index in [-0.39, 0.29) is 6.04 Å². The molecule has 0 saturated carbocycles. The van der Waals surface area contributed by atoms with Crippen molar-refractivity contribution >= 4 is 23.0 Å². The van der Waals surface area contributed by atoms with Crippen LogP contribution in [-0.4, -0.2) is 5.11 Å². The highest BCUT2D eigenvalue weighted by Crippen LogP contribution is 2.22. The fourth-order valence-corrected chi connectivity index (χ4v) is 3.12. The van der Waals surface area contributed by atoms with Crippen LogP contribution in [0.3, 0.4) is 0 Å². The van der Waals surface area contributed by atoms with Gasteiger partial charge in [0.25, 0.3) is 0 Å². The van der Waals surface area contributed by atoms with Gasteiger partial charge in [0.05, 0.1) is 6.04 Å². The molecule has 132 valence electrons. The van der Waals surface area contributed by atoms with E-state index < -0.39 is 0 Å². The maximum Gasteiger partial charge on any atom is 0.171 e. The third-order valence-corrected chi connectivity index (χ3v) is 4.66. The molecule has 0 radical (unpaired) electrons. The van der Waals surface area contributed by atoms with Gasteiger partial charge in [-0.05, 0) is 54.4 Å². The van der Waals surface area contributed by atoms with E-state index in [4.69, 9.17) is 12.2 Å². The molecule has 26 heavy (non-hydrogen) atoms. The first-order valence-corrected chi connectivity index (χ1v) is 9.34. The van der Waals surface area contributed by atoms with E-state index >= 15 is 0 Å². The summed E-state index contributed by atoms with van der Waals surface area (Å²) in [6.07, 6.45) is 1.03. The van der Waals surface area contributed by atoms with Gasteiger partial charge in [-0.3, -0.25) is 0 Å². The van der Waals surface area contributed by atoms with E-state index in [0.29, 0.717) is 5.11 Å². The van der Waals surface area contributed by atoms with Crippen molar-refractivity contribution in [1.82, 2.24) is 5.32 Å². The zero-order valence-corrected chi connectivity index (χ0v) is 16.0. The molecule has 2 nitrogen and oxygen atoms in total. The Morgan fingerprint density at radius 2 is 1.46 bits per heavy atom. The fraction of sp³-hybridized carbons (Fsp3) is 0.174. The lowest BCUT2D eigenvalue weighted by Gasteiger charge is -2.22. The minimum atomic E-state index is 0.00622. The minimum absolute atomic E-state index is 0.00622. The molecule has 0 saturated heterocycles. The second kappa shape index (κ2) is 8.63. The van der Waals surface area contributed by atoms with Gasteiger partial charge in [0.2, 0.25) is 0 Å². The third kappa shape index (κ3) is 4.70. The number of benzene rings is 3. The van der Waals surface area contributed by atoms with Crippen LogP contribution in [0.5, 0.6) is 0 Å². The Hall–Kier alpha value is -2.65. The Labute approximate surface area is 161 Å².